The fourth-order valence-electron chi connectivity index (χ4n) is 2.28. The number of hydrogen-bond acceptors (Lipinski definition) is 6. The molecule has 0 saturated carbocycles. The Labute approximate surface area is 152 Å². The van der Waals surface area contributed by atoms with Crippen LogP contribution in [0.1, 0.15) is 27.1 Å². The number of rotatable bonds is 8. The summed E-state index contributed by atoms with van der Waals surface area (Å²) in [4.78, 5) is 23.7. The van der Waals surface area contributed by atoms with Crippen LogP contribution in [0.5, 0.6) is 11.5 Å². The van der Waals surface area contributed by atoms with E-state index in [1.807, 2.05) is 18.2 Å². The zero-order valence-electron chi connectivity index (χ0n) is 14.8. The van der Waals surface area contributed by atoms with Gasteiger partial charge in [-0.15, -0.1) is 0 Å². The van der Waals surface area contributed by atoms with Crippen LogP contribution >= 0.6 is 0 Å². The third-order valence-corrected chi connectivity index (χ3v) is 3.64. The molecular weight excluding hydrogens is 336 g/mol. The summed E-state index contributed by atoms with van der Waals surface area (Å²) >= 11 is 0. The number of carbonyl (C=O) groups is 2. The summed E-state index contributed by atoms with van der Waals surface area (Å²) in [6.07, 6.45) is 0.583. The molecule has 0 radical (unpaired) electrons. The number of nitrogens with one attached hydrogen (secondary N) is 1. The van der Waals surface area contributed by atoms with Gasteiger partial charge in [0.25, 0.3) is 5.91 Å². The molecule has 0 atom stereocenters. The summed E-state index contributed by atoms with van der Waals surface area (Å²) in [6, 6.07) is 12.0. The maximum Gasteiger partial charge on any atom is 0.340 e. The Morgan fingerprint density at radius 1 is 1.08 bits per heavy atom. The minimum absolute atomic E-state index is 0.136. The molecule has 0 aliphatic heterocycles. The van der Waals surface area contributed by atoms with Gasteiger partial charge in [0, 0.05) is 24.2 Å². The normalized spacial score (nSPS) is 10.1. The molecule has 2 aromatic rings. The van der Waals surface area contributed by atoms with Gasteiger partial charge in [0.05, 0.1) is 32.1 Å². The van der Waals surface area contributed by atoms with E-state index in [4.69, 9.17) is 19.9 Å². The van der Waals surface area contributed by atoms with Crippen LogP contribution in [0.2, 0.25) is 0 Å². The molecule has 1 amide bonds. The molecule has 0 aliphatic rings. The van der Waals surface area contributed by atoms with Crippen molar-refractivity contribution in [2.75, 3.05) is 33.1 Å². The maximum atomic E-state index is 11.9. The number of carbonyl (C=O) groups excluding carboxylic acids is 2. The molecule has 0 unspecified atom stereocenters. The Hall–Kier alpha value is -3.22. The number of esters is 1. The molecule has 3 N–H and O–H groups in total. The fraction of sp³-hybridized carbons (Fsp3) is 0.263. The summed E-state index contributed by atoms with van der Waals surface area (Å²) in [5.74, 6) is 0.119. The first-order valence-electron chi connectivity index (χ1n) is 8.08. The van der Waals surface area contributed by atoms with E-state index >= 15 is 0 Å². The van der Waals surface area contributed by atoms with E-state index in [2.05, 4.69) is 5.32 Å². The van der Waals surface area contributed by atoms with Crippen LogP contribution in [0.4, 0.5) is 5.69 Å². The first-order valence-corrected chi connectivity index (χ1v) is 8.08. The lowest BCUT2D eigenvalue weighted by molar-refractivity contribution is 0.0601. The van der Waals surface area contributed by atoms with Crippen molar-refractivity contribution in [2.24, 2.45) is 0 Å². The number of benzene rings is 2. The van der Waals surface area contributed by atoms with Crippen molar-refractivity contribution < 1.29 is 23.8 Å². The standard InChI is InChI=1S/C19H22N2O5/c1-24-16-12-15(20)14(19(23)25-2)11-17(16)26-10-6-9-21-18(22)13-7-4-3-5-8-13/h3-5,7-8,11-12H,6,9-10,20H2,1-2H3,(H,21,22). The molecule has 0 aliphatic carbocycles. The van der Waals surface area contributed by atoms with Crippen molar-refractivity contribution in [1.29, 1.82) is 0 Å². The monoisotopic (exact) mass is 358 g/mol. The molecule has 138 valence electrons. The molecule has 2 rings (SSSR count). The van der Waals surface area contributed by atoms with Crippen molar-refractivity contribution in [3.05, 3.63) is 53.6 Å². The van der Waals surface area contributed by atoms with E-state index in [0.717, 1.165) is 0 Å². The maximum absolute atomic E-state index is 11.9. The summed E-state index contributed by atoms with van der Waals surface area (Å²) in [5, 5.41) is 2.82. The second kappa shape index (κ2) is 9.31. The van der Waals surface area contributed by atoms with Crippen molar-refractivity contribution in [1.82, 2.24) is 5.32 Å². The van der Waals surface area contributed by atoms with Gasteiger partial charge >= 0.3 is 5.97 Å². The quantitative estimate of drug-likeness (QED) is 0.427. The number of hydrogen-bond donors (Lipinski definition) is 2. The number of amides is 1. The summed E-state index contributed by atoms with van der Waals surface area (Å²) in [5.41, 5.74) is 6.89. The molecular formula is C19H22N2O5. The van der Waals surface area contributed by atoms with Gasteiger partial charge in [-0.25, -0.2) is 4.79 Å². The lowest BCUT2D eigenvalue weighted by Crippen LogP contribution is -2.25. The fourth-order valence-corrected chi connectivity index (χ4v) is 2.28. The Balaban J connectivity index is 1.88. The predicted octanol–water partition coefficient (Wildman–Crippen LogP) is 2.26. The highest BCUT2D eigenvalue weighted by molar-refractivity contribution is 5.96. The predicted molar refractivity (Wildman–Crippen MR) is 97.6 cm³/mol. The molecule has 0 fully saturated rings. The van der Waals surface area contributed by atoms with E-state index < -0.39 is 5.97 Å². The van der Waals surface area contributed by atoms with Gasteiger partial charge in [-0.3, -0.25) is 4.79 Å². The van der Waals surface area contributed by atoms with E-state index in [-0.39, 0.29) is 17.2 Å². The van der Waals surface area contributed by atoms with Crippen molar-refractivity contribution >= 4 is 17.6 Å². The number of nitrogens with two attached hydrogens (primary N) is 1. The topological polar surface area (TPSA) is 99.9 Å². The van der Waals surface area contributed by atoms with Crippen LogP contribution in [0.3, 0.4) is 0 Å². The summed E-state index contributed by atoms with van der Waals surface area (Å²) in [7, 11) is 2.77. The molecule has 7 heteroatoms. The Kier molecular flexibility index (Phi) is 6.84. The number of methoxy groups -OCH3 is 2. The largest absolute Gasteiger partial charge is 0.493 e. The Morgan fingerprint density at radius 2 is 1.81 bits per heavy atom. The van der Waals surface area contributed by atoms with Crippen LogP contribution in [-0.4, -0.2) is 39.2 Å². The van der Waals surface area contributed by atoms with Gasteiger partial charge in [-0.05, 0) is 18.6 Å². The minimum Gasteiger partial charge on any atom is -0.493 e. The summed E-state index contributed by atoms with van der Waals surface area (Å²) < 4.78 is 15.6. The average molecular weight is 358 g/mol. The second-order valence-corrected chi connectivity index (χ2v) is 5.41. The smallest absolute Gasteiger partial charge is 0.340 e. The highest BCUT2D eigenvalue weighted by Gasteiger charge is 2.16. The Bertz CT molecular complexity index is 762. The second-order valence-electron chi connectivity index (χ2n) is 5.41. The first kappa shape index (κ1) is 19.1. The zero-order chi connectivity index (χ0) is 18.9. The lowest BCUT2D eigenvalue weighted by Gasteiger charge is -2.14. The van der Waals surface area contributed by atoms with Gasteiger partial charge in [-0.2, -0.15) is 0 Å². The third-order valence-electron chi connectivity index (χ3n) is 3.64. The average Bonchev–Trinajstić information content (AvgIpc) is 2.68. The molecule has 0 heterocycles. The van der Waals surface area contributed by atoms with E-state index in [9.17, 15) is 9.59 Å². The van der Waals surface area contributed by atoms with Gasteiger partial charge in [0.1, 0.15) is 0 Å². The van der Waals surface area contributed by atoms with Gasteiger partial charge < -0.3 is 25.3 Å². The molecule has 7 nitrogen and oxygen atoms in total. The van der Waals surface area contributed by atoms with Crippen LogP contribution < -0.4 is 20.5 Å². The van der Waals surface area contributed by atoms with Crippen molar-refractivity contribution in [3.63, 3.8) is 0 Å². The van der Waals surface area contributed by atoms with Gasteiger partial charge in [0.2, 0.25) is 0 Å². The van der Waals surface area contributed by atoms with Gasteiger partial charge in [0.15, 0.2) is 11.5 Å². The van der Waals surface area contributed by atoms with Crippen LogP contribution in [0.15, 0.2) is 42.5 Å². The lowest BCUT2D eigenvalue weighted by atomic mass is 10.1. The highest BCUT2D eigenvalue weighted by atomic mass is 16.5. The van der Waals surface area contributed by atoms with Crippen LogP contribution in [-0.2, 0) is 4.74 Å². The molecule has 0 bridgehead atoms. The summed E-state index contributed by atoms with van der Waals surface area (Å²) in [6.45, 7) is 0.783. The zero-order valence-corrected chi connectivity index (χ0v) is 14.8. The third kappa shape index (κ3) is 4.89. The van der Waals surface area contributed by atoms with Crippen molar-refractivity contribution in [2.45, 2.75) is 6.42 Å². The van der Waals surface area contributed by atoms with E-state index in [1.165, 1.54) is 26.4 Å². The highest BCUT2D eigenvalue weighted by Crippen LogP contribution is 2.32. The minimum atomic E-state index is -0.551. The molecule has 2 aromatic carbocycles. The van der Waals surface area contributed by atoms with Gasteiger partial charge in [-0.1, -0.05) is 18.2 Å². The molecule has 0 aromatic heterocycles. The SMILES string of the molecule is COC(=O)c1cc(OCCCNC(=O)c2ccccc2)c(OC)cc1N. The van der Waals surface area contributed by atoms with Crippen LogP contribution in [0, 0.1) is 0 Å². The number of anilines is 1. The van der Waals surface area contributed by atoms with Crippen LogP contribution in [0.25, 0.3) is 0 Å². The number of ether oxygens (including phenoxy) is 3. The van der Waals surface area contributed by atoms with E-state index in [1.54, 1.807) is 12.1 Å². The first-order chi connectivity index (χ1) is 12.6. The van der Waals surface area contributed by atoms with Crippen molar-refractivity contribution in [3.8, 4) is 11.5 Å². The van der Waals surface area contributed by atoms with E-state index in [0.29, 0.717) is 36.6 Å². The molecule has 0 spiro atoms. The molecule has 0 saturated heterocycles. The molecule has 26 heavy (non-hydrogen) atoms. The Morgan fingerprint density at radius 3 is 2.46 bits per heavy atom. The number of nitrogen functional groups attached to an aromatic ring is 1.